The molecule has 2 heterocycles. The molecule has 3 aromatic rings. The van der Waals surface area contributed by atoms with Crippen LogP contribution in [-0.4, -0.2) is 35.4 Å². The number of hydrogen-bond donors (Lipinski definition) is 1. The first kappa shape index (κ1) is 21.3. The largest absolute Gasteiger partial charge is 0.381 e. The molecule has 162 valence electrons. The summed E-state index contributed by atoms with van der Waals surface area (Å²) < 4.78 is 7.60. The summed E-state index contributed by atoms with van der Waals surface area (Å²) in [6, 6.07) is 18.5. The van der Waals surface area contributed by atoms with E-state index in [1.807, 2.05) is 35.9 Å². The second-order valence-corrected chi connectivity index (χ2v) is 8.73. The van der Waals surface area contributed by atoms with Gasteiger partial charge in [0, 0.05) is 36.4 Å². The Morgan fingerprint density at radius 2 is 1.84 bits per heavy atom. The average Bonchev–Trinajstić information content (AvgIpc) is 3.09. The lowest BCUT2D eigenvalue weighted by Crippen LogP contribution is -2.44. The van der Waals surface area contributed by atoms with Crippen LogP contribution in [0.15, 0.2) is 54.6 Å². The van der Waals surface area contributed by atoms with Crippen LogP contribution < -0.4 is 5.32 Å². The molecule has 1 amide bonds. The molecule has 1 fully saturated rings. The van der Waals surface area contributed by atoms with E-state index in [1.165, 1.54) is 11.1 Å². The summed E-state index contributed by atoms with van der Waals surface area (Å²) in [5.41, 5.74) is 6.32. The second kappa shape index (κ2) is 9.06. The van der Waals surface area contributed by atoms with Crippen LogP contribution in [0.2, 0.25) is 0 Å². The fourth-order valence-corrected chi connectivity index (χ4v) is 4.47. The number of aromatic nitrogens is 2. The third kappa shape index (κ3) is 4.88. The summed E-state index contributed by atoms with van der Waals surface area (Å²) in [5.74, 6) is -0.0336. The quantitative estimate of drug-likeness (QED) is 0.649. The van der Waals surface area contributed by atoms with E-state index in [0.29, 0.717) is 18.7 Å². The zero-order valence-electron chi connectivity index (χ0n) is 18.6. The molecule has 2 aromatic carbocycles. The van der Waals surface area contributed by atoms with Crippen molar-refractivity contribution < 1.29 is 9.53 Å². The van der Waals surface area contributed by atoms with Crippen molar-refractivity contribution in [2.75, 3.05) is 19.8 Å². The van der Waals surface area contributed by atoms with Crippen LogP contribution in [0.25, 0.3) is 0 Å². The van der Waals surface area contributed by atoms with Crippen molar-refractivity contribution >= 4 is 5.91 Å². The van der Waals surface area contributed by atoms with E-state index in [9.17, 15) is 4.79 Å². The van der Waals surface area contributed by atoms with Crippen LogP contribution in [0.1, 0.15) is 51.3 Å². The van der Waals surface area contributed by atoms with Gasteiger partial charge in [-0.1, -0.05) is 42.0 Å². The van der Waals surface area contributed by atoms with Crippen molar-refractivity contribution in [3.05, 3.63) is 88.2 Å². The standard InChI is InChI=1S/C26H31N3O2/c1-19-6-4-9-24(14-19)26(10-12-31-13-11-26)18-27-25(30)23-8-5-7-22(16-23)17-29-21(3)15-20(2)28-29/h4-9,14-16H,10-13,17-18H2,1-3H3,(H,27,30). The molecule has 5 heteroatoms. The predicted molar refractivity (Wildman–Crippen MR) is 122 cm³/mol. The number of benzene rings is 2. The zero-order valence-corrected chi connectivity index (χ0v) is 18.6. The molecule has 0 spiro atoms. The van der Waals surface area contributed by atoms with Gasteiger partial charge in [0.2, 0.25) is 0 Å². The lowest BCUT2D eigenvalue weighted by molar-refractivity contribution is 0.0487. The minimum Gasteiger partial charge on any atom is -0.381 e. The molecule has 4 rings (SSSR count). The number of hydrogen-bond acceptors (Lipinski definition) is 3. The van der Waals surface area contributed by atoms with Crippen molar-refractivity contribution in [2.45, 2.75) is 45.6 Å². The fraction of sp³-hybridized carbons (Fsp3) is 0.385. The molecule has 0 bridgehead atoms. The van der Waals surface area contributed by atoms with E-state index in [-0.39, 0.29) is 11.3 Å². The number of nitrogens with one attached hydrogen (secondary N) is 1. The Hall–Kier alpha value is -2.92. The number of rotatable bonds is 6. The summed E-state index contributed by atoms with van der Waals surface area (Å²) >= 11 is 0. The number of carbonyl (C=O) groups is 1. The molecular weight excluding hydrogens is 386 g/mol. The molecule has 0 saturated carbocycles. The fourth-order valence-electron chi connectivity index (χ4n) is 4.47. The van der Waals surface area contributed by atoms with E-state index in [2.05, 4.69) is 54.6 Å². The number of carbonyl (C=O) groups excluding carboxylic acids is 1. The number of nitrogens with zero attached hydrogens (tertiary/aromatic N) is 2. The molecule has 0 radical (unpaired) electrons. The summed E-state index contributed by atoms with van der Waals surface area (Å²) in [7, 11) is 0. The molecule has 0 unspecified atom stereocenters. The smallest absolute Gasteiger partial charge is 0.251 e. The van der Waals surface area contributed by atoms with E-state index in [0.717, 1.165) is 43.0 Å². The van der Waals surface area contributed by atoms with Gasteiger partial charge in [0.05, 0.1) is 12.2 Å². The van der Waals surface area contributed by atoms with Gasteiger partial charge in [0.1, 0.15) is 0 Å². The molecule has 1 saturated heterocycles. The summed E-state index contributed by atoms with van der Waals surface area (Å²) in [4.78, 5) is 13.0. The Morgan fingerprint density at radius 3 is 2.55 bits per heavy atom. The molecular formula is C26H31N3O2. The predicted octanol–water partition coefficient (Wildman–Crippen LogP) is 4.33. The monoisotopic (exact) mass is 417 g/mol. The minimum absolute atomic E-state index is 0.0336. The van der Waals surface area contributed by atoms with Gasteiger partial charge in [-0.15, -0.1) is 0 Å². The Balaban J connectivity index is 1.49. The highest BCUT2D eigenvalue weighted by Crippen LogP contribution is 2.34. The van der Waals surface area contributed by atoms with Crippen molar-refractivity contribution in [1.82, 2.24) is 15.1 Å². The van der Waals surface area contributed by atoms with Crippen LogP contribution in [0.5, 0.6) is 0 Å². The molecule has 1 aromatic heterocycles. The molecule has 1 N–H and O–H groups in total. The van der Waals surface area contributed by atoms with Crippen LogP contribution >= 0.6 is 0 Å². The van der Waals surface area contributed by atoms with Crippen LogP contribution in [0.4, 0.5) is 0 Å². The highest BCUT2D eigenvalue weighted by molar-refractivity contribution is 5.94. The third-order valence-electron chi connectivity index (χ3n) is 6.29. The van der Waals surface area contributed by atoms with Gasteiger partial charge in [0.25, 0.3) is 5.91 Å². The third-order valence-corrected chi connectivity index (χ3v) is 6.29. The highest BCUT2D eigenvalue weighted by atomic mass is 16.5. The van der Waals surface area contributed by atoms with E-state index in [4.69, 9.17) is 4.74 Å². The molecule has 1 aliphatic heterocycles. The van der Waals surface area contributed by atoms with E-state index in [1.54, 1.807) is 0 Å². The number of amides is 1. The van der Waals surface area contributed by atoms with Gasteiger partial charge in [-0.25, -0.2) is 0 Å². The number of ether oxygens (including phenoxy) is 1. The van der Waals surface area contributed by atoms with Gasteiger partial charge in [-0.3, -0.25) is 9.48 Å². The Morgan fingerprint density at radius 1 is 1.06 bits per heavy atom. The minimum atomic E-state index is -0.0821. The molecule has 1 aliphatic rings. The average molecular weight is 418 g/mol. The van der Waals surface area contributed by atoms with Crippen molar-refractivity contribution in [2.24, 2.45) is 0 Å². The Kier molecular flexibility index (Phi) is 6.23. The van der Waals surface area contributed by atoms with Crippen LogP contribution in [0.3, 0.4) is 0 Å². The maximum Gasteiger partial charge on any atom is 0.251 e. The first-order valence-electron chi connectivity index (χ1n) is 11.0. The van der Waals surface area contributed by atoms with Gasteiger partial charge >= 0.3 is 0 Å². The number of aryl methyl sites for hydroxylation is 3. The van der Waals surface area contributed by atoms with Crippen molar-refractivity contribution in [1.29, 1.82) is 0 Å². The van der Waals surface area contributed by atoms with Gasteiger partial charge < -0.3 is 10.1 Å². The van der Waals surface area contributed by atoms with Crippen LogP contribution in [-0.2, 0) is 16.7 Å². The van der Waals surface area contributed by atoms with Gasteiger partial charge in [-0.2, -0.15) is 5.10 Å². The van der Waals surface area contributed by atoms with E-state index < -0.39 is 0 Å². The summed E-state index contributed by atoms with van der Waals surface area (Å²) in [5, 5.41) is 7.75. The maximum atomic E-state index is 13.0. The Bertz CT molecular complexity index is 1060. The SMILES string of the molecule is Cc1cccc(C2(CNC(=O)c3cccc(Cn4nc(C)cc4C)c3)CCOCC2)c1. The Labute approximate surface area is 184 Å². The summed E-state index contributed by atoms with van der Waals surface area (Å²) in [6.45, 7) is 8.88. The first-order chi connectivity index (χ1) is 14.9. The van der Waals surface area contributed by atoms with Crippen molar-refractivity contribution in [3.8, 4) is 0 Å². The van der Waals surface area contributed by atoms with E-state index >= 15 is 0 Å². The lowest BCUT2D eigenvalue weighted by atomic mass is 9.73. The molecule has 0 aliphatic carbocycles. The second-order valence-electron chi connectivity index (χ2n) is 8.73. The topological polar surface area (TPSA) is 56.2 Å². The van der Waals surface area contributed by atoms with Gasteiger partial charge in [-0.05, 0) is 62.9 Å². The lowest BCUT2D eigenvalue weighted by Gasteiger charge is -2.38. The zero-order chi connectivity index (χ0) is 21.8. The van der Waals surface area contributed by atoms with Gasteiger partial charge in [0.15, 0.2) is 0 Å². The highest BCUT2D eigenvalue weighted by Gasteiger charge is 2.35. The molecule has 5 nitrogen and oxygen atoms in total. The summed E-state index contributed by atoms with van der Waals surface area (Å²) in [6.07, 6.45) is 1.82. The van der Waals surface area contributed by atoms with Crippen molar-refractivity contribution in [3.63, 3.8) is 0 Å². The molecule has 31 heavy (non-hydrogen) atoms. The normalized spacial score (nSPS) is 15.6. The first-order valence-corrected chi connectivity index (χ1v) is 11.0. The van der Waals surface area contributed by atoms with Crippen LogP contribution in [0, 0.1) is 20.8 Å². The molecule has 0 atom stereocenters. The maximum absolute atomic E-state index is 13.0.